The van der Waals surface area contributed by atoms with Gasteiger partial charge >= 0.3 is 6.18 Å². The lowest BCUT2D eigenvalue weighted by molar-refractivity contribution is -0.137. The van der Waals surface area contributed by atoms with Gasteiger partial charge in [-0.3, -0.25) is 24.2 Å². The average molecular weight is 563 g/mol. The van der Waals surface area contributed by atoms with Gasteiger partial charge < -0.3 is 9.84 Å². The molecule has 1 N–H and O–H groups in total. The van der Waals surface area contributed by atoms with Crippen LogP contribution in [0.25, 0.3) is 11.3 Å². The standard InChI is InChI=1S/C27H29F3N4O4S/c1-17(24-26(37)25(33(2)32-24)18-5-7-19(8-6-18)27(28,29)30)31-16-21(36)23-10-9-22(39-23)20(35)4-3-11-34-12-14-38-15-13-34/h5-10,37H,3-4,11-16H2,1-2H3. The molecule has 0 radical (unpaired) electrons. The molecule has 1 saturated heterocycles. The van der Waals surface area contributed by atoms with E-state index in [1.165, 1.54) is 16.8 Å². The van der Waals surface area contributed by atoms with Crippen LogP contribution >= 0.6 is 11.3 Å². The number of nitrogens with zero attached hydrogens (tertiary/aromatic N) is 4. The highest BCUT2D eigenvalue weighted by Crippen LogP contribution is 2.35. The van der Waals surface area contributed by atoms with E-state index in [1.54, 1.807) is 26.1 Å². The molecule has 0 aliphatic carbocycles. The highest BCUT2D eigenvalue weighted by molar-refractivity contribution is 7.16. The predicted molar refractivity (Wildman–Crippen MR) is 142 cm³/mol. The molecule has 3 heterocycles. The van der Waals surface area contributed by atoms with Crippen molar-refractivity contribution in [3.8, 4) is 17.0 Å². The molecule has 1 aliphatic heterocycles. The molecular formula is C27H29F3N4O4S. The van der Waals surface area contributed by atoms with E-state index in [4.69, 9.17) is 4.74 Å². The Bertz CT molecular complexity index is 1360. The zero-order valence-corrected chi connectivity index (χ0v) is 22.4. The Morgan fingerprint density at radius 3 is 2.36 bits per heavy atom. The summed E-state index contributed by atoms with van der Waals surface area (Å²) < 4.78 is 45.3. The van der Waals surface area contributed by atoms with Crippen molar-refractivity contribution in [1.29, 1.82) is 0 Å². The van der Waals surface area contributed by atoms with Crippen LogP contribution in [0.5, 0.6) is 5.75 Å². The molecule has 0 bridgehead atoms. The predicted octanol–water partition coefficient (Wildman–Crippen LogP) is 4.86. The van der Waals surface area contributed by atoms with Crippen LogP contribution in [-0.4, -0.2) is 76.5 Å². The molecule has 1 fully saturated rings. The summed E-state index contributed by atoms with van der Waals surface area (Å²) in [7, 11) is 1.56. The number of benzene rings is 1. The number of carbonyl (C=O) groups excluding carboxylic acids is 2. The van der Waals surface area contributed by atoms with Crippen molar-refractivity contribution in [3.05, 3.63) is 57.4 Å². The third-order valence-corrected chi connectivity index (χ3v) is 7.62. The van der Waals surface area contributed by atoms with E-state index in [-0.39, 0.29) is 35.2 Å². The minimum Gasteiger partial charge on any atom is -0.504 e. The Balaban J connectivity index is 1.37. The monoisotopic (exact) mass is 562 g/mol. The second-order valence-corrected chi connectivity index (χ2v) is 10.3. The minimum absolute atomic E-state index is 0.00111. The first-order valence-corrected chi connectivity index (χ1v) is 13.3. The quantitative estimate of drug-likeness (QED) is 0.280. The normalized spacial score (nSPS) is 15.1. The molecule has 4 rings (SSSR count). The third-order valence-electron chi connectivity index (χ3n) is 6.45. The lowest BCUT2D eigenvalue weighted by Crippen LogP contribution is -2.36. The summed E-state index contributed by atoms with van der Waals surface area (Å²) in [6, 6.07) is 7.67. The first-order valence-electron chi connectivity index (χ1n) is 12.5. The van der Waals surface area contributed by atoms with Crippen molar-refractivity contribution in [2.24, 2.45) is 12.0 Å². The van der Waals surface area contributed by atoms with Gasteiger partial charge in [0.1, 0.15) is 17.9 Å². The number of hydrogen-bond donors (Lipinski definition) is 1. The van der Waals surface area contributed by atoms with Crippen LogP contribution in [0.3, 0.4) is 0 Å². The Morgan fingerprint density at radius 1 is 1.08 bits per heavy atom. The molecule has 0 unspecified atom stereocenters. The van der Waals surface area contributed by atoms with Crippen LogP contribution < -0.4 is 0 Å². The van der Waals surface area contributed by atoms with E-state index in [9.17, 15) is 27.9 Å². The molecule has 0 spiro atoms. The number of ether oxygens (including phenoxy) is 1. The molecule has 208 valence electrons. The van der Waals surface area contributed by atoms with E-state index in [2.05, 4.69) is 15.0 Å². The van der Waals surface area contributed by atoms with Crippen molar-refractivity contribution >= 4 is 28.6 Å². The number of ketones is 2. The highest BCUT2D eigenvalue weighted by atomic mass is 32.1. The zero-order valence-electron chi connectivity index (χ0n) is 21.6. The molecule has 2 aromatic heterocycles. The first kappa shape index (κ1) is 28.7. The van der Waals surface area contributed by atoms with E-state index < -0.39 is 11.7 Å². The second kappa shape index (κ2) is 12.2. The molecule has 0 amide bonds. The van der Waals surface area contributed by atoms with Crippen molar-refractivity contribution in [2.45, 2.75) is 25.9 Å². The van der Waals surface area contributed by atoms with Gasteiger partial charge in [0.05, 0.1) is 34.2 Å². The molecular weight excluding hydrogens is 533 g/mol. The number of thiophene rings is 1. The van der Waals surface area contributed by atoms with Gasteiger partial charge in [-0.25, -0.2) is 0 Å². The number of morpholine rings is 1. The van der Waals surface area contributed by atoms with Crippen molar-refractivity contribution in [3.63, 3.8) is 0 Å². The molecule has 39 heavy (non-hydrogen) atoms. The lowest BCUT2D eigenvalue weighted by atomic mass is 10.1. The Morgan fingerprint density at radius 2 is 1.72 bits per heavy atom. The maximum Gasteiger partial charge on any atom is 0.416 e. The van der Waals surface area contributed by atoms with Crippen molar-refractivity contribution in [2.75, 3.05) is 39.4 Å². The van der Waals surface area contributed by atoms with Gasteiger partial charge in [-0.05, 0) is 44.2 Å². The fourth-order valence-electron chi connectivity index (χ4n) is 4.29. The van der Waals surface area contributed by atoms with E-state index in [0.29, 0.717) is 40.7 Å². The molecule has 8 nitrogen and oxygen atoms in total. The minimum atomic E-state index is -4.46. The van der Waals surface area contributed by atoms with Crippen LogP contribution in [0.1, 0.15) is 50.4 Å². The van der Waals surface area contributed by atoms with Gasteiger partial charge in [-0.15, -0.1) is 11.3 Å². The maximum absolute atomic E-state index is 12.9. The molecule has 1 aromatic carbocycles. The van der Waals surface area contributed by atoms with Crippen LogP contribution in [0.4, 0.5) is 13.2 Å². The fourth-order valence-corrected chi connectivity index (χ4v) is 5.19. The van der Waals surface area contributed by atoms with E-state index in [1.807, 2.05) is 0 Å². The average Bonchev–Trinajstić information content (AvgIpc) is 3.52. The fraction of sp³-hybridized carbons (Fsp3) is 0.407. The van der Waals surface area contributed by atoms with Crippen molar-refractivity contribution in [1.82, 2.24) is 14.7 Å². The number of halogens is 3. The molecule has 3 aromatic rings. The van der Waals surface area contributed by atoms with Gasteiger partial charge in [-0.1, -0.05) is 12.1 Å². The summed E-state index contributed by atoms with van der Waals surface area (Å²) in [5.41, 5.74) is 0.213. The number of aromatic hydroxyl groups is 1. The van der Waals surface area contributed by atoms with Crippen LogP contribution in [0.15, 0.2) is 41.4 Å². The molecule has 0 saturated carbocycles. The summed E-state index contributed by atoms with van der Waals surface area (Å²) in [5, 5.41) is 15.0. The Labute approximate surface area is 227 Å². The van der Waals surface area contributed by atoms with Gasteiger partial charge in [0.25, 0.3) is 0 Å². The number of Topliss-reactive ketones (excluding diaryl/α,β-unsaturated/α-hetero) is 2. The van der Waals surface area contributed by atoms with Gasteiger partial charge in [0, 0.05) is 32.1 Å². The molecule has 0 atom stereocenters. The number of hydrogen-bond acceptors (Lipinski definition) is 8. The molecule has 1 aliphatic rings. The summed E-state index contributed by atoms with van der Waals surface area (Å²) in [4.78, 5) is 32.8. The third kappa shape index (κ3) is 7.00. The SMILES string of the molecule is CC(=NCC(=O)c1ccc(C(=O)CCCN2CCOCC2)s1)c1nn(C)c(-c2ccc(C(F)(F)F)cc2)c1O. The summed E-state index contributed by atoms with van der Waals surface area (Å²) in [5.74, 6) is -0.515. The maximum atomic E-state index is 12.9. The zero-order chi connectivity index (χ0) is 28.2. The largest absolute Gasteiger partial charge is 0.504 e. The number of aliphatic imine (C=N–C) groups is 1. The summed E-state index contributed by atoms with van der Waals surface area (Å²) >= 11 is 1.14. The number of alkyl halides is 3. The summed E-state index contributed by atoms with van der Waals surface area (Å²) in [6.45, 7) is 5.39. The number of aromatic nitrogens is 2. The number of rotatable bonds is 10. The van der Waals surface area contributed by atoms with Gasteiger partial charge in [0.15, 0.2) is 17.3 Å². The van der Waals surface area contributed by atoms with E-state index in [0.717, 1.165) is 49.5 Å². The van der Waals surface area contributed by atoms with Crippen LogP contribution in [0.2, 0.25) is 0 Å². The van der Waals surface area contributed by atoms with Gasteiger partial charge in [0.2, 0.25) is 0 Å². The number of carbonyl (C=O) groups is 2. The lowest BCUT2D eigenvalue weighted by Gasteiger charge is -2.26. The first-order chi connectivity index (χ1) is 18.5. The topological polar surface area (TPSA) is 97.0 Å². The Hall–Kier alpha value is -3.35. The van der Waals surface area contributed by atoms with Gasteiger partial charge in [-0.2, -0.15) is 18.3 Å². The smallest absolute Gasteiger partial charge is 0.416 e. The summed E-state index contributed by atoms with van der Waals surface area (Å²) in [6.07, 6.45) is -3.32. The second-order valence-electron chi connectivity index (χ2n) is 9.21. The number of aryl methyl sites for hydroxylation is 1. The Kier molecular flexibility index (Phi) is 8.98. The molecule has 12 heteroatoms. The highest BCUT2D eigenvalue weighted by Gasteiger charge is 2.30. The van der Waals surface area contributed by atoms with E-state index >= 15 is 0 Å². The van der Waals surface area contributed by atoms with Crippen LogP contribution in [-0.2, 0) is 18.0 Å². The van der Waals surface area contributed by atoms with Crippen LogP contribution in [0, 0.1) is 0 Å². The van der Waals surface area contributed by atoms with Crippen molar-refractivity contribution < 1.29 is 32.6 Å².